The highest BCUT2D eigenvalue weighted by molar-refractivity contribution is 5.79. The van der Waals surface area contributed by atoms with Gasteiger partial charge in [0.25, 0.3) is 0 Å². The highest BCUT2D eigenvalue weighted by atomic mass is 16.5. The number of ether oxygens (including phenoxy) is 1. The van der Waals surface area contributed by atoms with E-state index in [4.69, 9.17) is 9.84 Å². The number of aliphatic carboxylic acids is 1. The molecule has 1 N–H and O–H groups in total. The van der Waals surface area contributed by atoms with E-state index < -0.39 is 5.97 Å². The molecule has 0 bridgehead atoms. The zero-order chi connectivity index (χ0) is 18.5. The van der Waals surface area contributed by atoms with Crippen LogP contribution in [0.15, 0.2) is 36.5 Å². The van der Waals surface area contributed by atoms with Crippen LogP contribution in [0.4, 0.5) is 0 Å². The number of carboxylic acids is 1. The number of aromatic nitrogens is 2. The van der Waals surface area contributed by atoms with Crippen molar-refractivity contribution in [2.75, 3.05) is 20.2 Å². The van der Waals surface area contributed by atoms with Gasteiger partial charge in [0, 0.05) is 25.2 Å². The lowest BCUT2D eigenvalue weighted by Gasteiger charge is -2.32. The molecule has 1 fully saturated rings. The SMILES string of the molecule is COc1cccc(CC(=O)N2CCCC(c3ccn(CC(=O)O)n3)C2)c1. The van der Waals surface area contributed by atoms with Crippen LogP contribution in [-0.2, 0) is 22.6 Å². The van der Waals surface area contributed by atoms with E-state index in [1.807, 2.05) is 35.2 Å². The number of rotatable bonds is 6. The summed E-state index contributed by atoms with van der Waals surface area (Å²) in [6, 6.07) is 9.40. The normalized spacial score (nSPS) is 17.1. The van der Waals surface area contributed by atoms with Crippen LogP contribution in [0.1, 0.15) is 30.0 Å². The molecule has 138 valence electrons. The largest absolute Gasteiger partial charge is 0.497 e. The molecule has 3 rings (SSSR count). The molecule has 0 aliphatic carbocycles. The lowest BCUT2D eigenvalue weighted by Crippen LogP contribution is -2.40. The van der Waals surface area contributed by atoms with Gasteiger partial charge in [-0.15, -0.1) is 0 Å². The molecule has 1 aliphatic rings. The molecular weight excluding hydrogens is 334 g/mol. The first kappa shape index (κ1) is 18.0. The molecule has 1 aromatic carbocycles. The Balaban J connectivity index is 1.63. The second-order valence-corrected chi connectivity index (χ2v) is 6.54. The van der Waals surface area contributed by atoms with Crippen LogP contribution in [0.25, 0.3) is 0 Å². The Kier molecular flexibility index (Phi) is 5.55. The van der Waals surface area contributed by atoms with Gasteiger partial charge in [-0.1, -0.05) is 12.1 Å². The smallest absolute Gasteiger partial charge is 0.325 e. The average molecular weight is 357 g/mol. The summed E-state index contributed by atoms with van der Waals surface area (Å²) < 4.78 is 6.63. The second kappa shape index (κ2) is 8.03. The molecule has 1 amide bonds. The summed E-state index contributed by atoms with van der Waals surface area (Å²) in [6.45, 7) is 1.22. The zero-order valence-corrected chi connectivity index (χ0v) is 14.8. The molecule has 1 aliphatic heterocycles. The Morgan fingerprint density at radius 1 is 1.35 bits per heavy atom. The maximum absolute atomic E-state index is 12.7. The van der Waals surface area contributed by atoms with Crippen molar-refractivity contribution in [1.82, 2.24) is 14.7 Å². The number of nitrogens with zero attached hydrogens (tertiary/aromatic N) is 3. The van der Waals surface area contributed by atoms with Crippen molar-refractivity contribution in [2.24, 2.45) is 0 Å². The topological polar surface area (TPSA) is 84.7 Å². The average Bonchev–Trinajstić information content (AvgIpc) is 3.09. The Morgan fingerprint density at radius 2 is 2.19 bits per heavy atom. The predicted octanol–water partition coefficient (Wildman–Crippen LogP) is 1.92. The fourth-order valence-electron chi connectivity index (χ4n) is 3.34. The van der Waals surface area contributed by atoms with Gasteiger partial charge in [0.05, 0.1) is 19.2 Å². The van der Waals surface area contributed by atoms with E-state index in [2.05, 4.69) is 5.10 Å². The first-order chi connectivity index (χ1) is 12.5. The number of piperidine rings is 1. The summed E-state index contributed by atoms with van der Waals surface area (Å²) in [5.41, 5.74) is 1.78. The van der Waals surface area contributed by atoms with E-state index in [0.29, 0.717) is 13.0 Å². The number of methoxy groups -OCH3 is 1. The van der Waals surface area contributed by atoms with Crippen molar-refractivity contribution in [3.8, 4) is 5.75 Å². The third kappa shape index (κ3) is 4.41. The highest BCUT2D eigenvalue weighted by Crippen LogP contribution is 2.26. The Labute approximate surface area is 152 Å². The van der Waals surface area contributed by atoms with Gasteiger partial charge in [0.1, 0.15) is 12.3 Å². The van der Waals surface area contributed by atoms with Gasteiger partial charge in [0.15, 0.2) is 0 Å². The standard InChI is InChI=1S/C19H23N3O4/c1-26-16-6-2-4-14(10-16)11-18(23)21-8-3-5-15(12-21)17-7-9-22(20-17)13-19(24)25/h2,4,6-7,9-10,15H,3,5,8,11-13H2,1H3,(H,24,25). The van der Waals surface area contributed by atoms with E-state index in [-0.39, 0.29) is 18.4 Å². The fraction of sp³-hybridized carbons (Fsp3) is 0.421. The van der Waals surface area contributed by atoms with E-state index in [1.165, 1.54) is 4.68 Å². The molecule has 1 aromatic heterocycles. The quantitative estimate of drug-likeness (QED) is 0.854. The van der Waals surface area contributed by atoms with Crippen LogP contribution in [0, 0.1) is 0 Å². The summed E-state index contributed by atoms with van der Waals surface area (Å²) in [5.74, 6) is 0.0650. The minimum Gasteiger partial charge on any atom is -0.497 e. The molecular formula is C19H23N3O4. The van der Waals surface area contributed by atoms with Crippen LogP contribution in [0.5, 0.6) is 5.75 Å². The molecule has 1 unspecified atom stereocenters. The predicted molar refractivity (Wildman–Crippen MR) is 95.1 cm³/mol. The number of amides is 1. The monoisotopic (exact) mass is 357 g/mol. The van der Waals surface area contributed by atoms with Gasteiger partial charge < -0.3 is 14.7 Å². The van der Waals surface area contributed by atoms with E-state index >= 15 is 0 Å². The highest BCUT2D eigenvalue weighted by Gasteiger charge is 2.26. The van der Waals surface area contributed by atoms with Gasteiger partial charge in [-0.05, 0) is 36.6 Å². The molecule has 2 heterocycles. The van der Waals surface area contributed by atoms with Gasteiger partial charge in [-0.3, -0.25) is 14.3 Å². The molecule has 0 spiro atoms. The molecule has 2 aromatic rings. The first-order valence-electron chi connectivity index (χ1n) is 8.71. The molecule has 26 heavy (non-hydrogen) atoms. The molecule has 0 radical (unpaired) electrons. The number of carboxylic acid groups (broad SMARTS) is 1. The maximum atomic E-state index is 12.7. The Hall–Kier alpha value is -2.83. The van der Waals surface area contributed by atoms with E-state index in [0.717, 1.165) is 36.4 Å². The van der Waals surface area contributed by atoms with Crippen LogP contribution >= 0.6 is 0 Å². The van der Waals surface area contributed by atoms with Crippen molar-refractivity contribution in [3.63, 3.8) is 0 Å². The van der Waals surface area contributed by atoms with Crippen molar-refractivity contribution in [3.05, 3.63) is 47.8 Å². The van der Waals surface area contributed by atoms with Gasteiger partial charge in [0.2, 0.25) is 5.91 Å². The number of likely N-dealkylation sites (tertiary alicyclic amines) is 1. The minimum atomic E-state index is -0.918. The van der Waals surface area contributed by atoms with Crippen molar-refractivity contribution >= 4 is 11.9 Å². The van der Waals surface area contributed by atoms with E-state index in [1.54, 1.807) is 13.3 Å². The number of carbonyl (C=O) groups is 2. The number of hydrogen-bond donors (Lipinski definition) is 1. The first-order valence-corrected chi connectivity index (χ1v) is 8.71. The zero-order valence-electron chi connectivity index (χ0n) is 14.8. The molecule has 7 heteroatoms. The maximum Gasteiger partial charge on any atom is 0.325 e. The van der Waals surface area contributed by atoms with Crippen LogP contribution in [-0.4, -0.2) is 51.9 Å². The second-order valence-electron chi connectivity index (χ2n) is 6.54. The van der Waals surface area contributed by atoms with E-state index in [9.17, 15) is 9.59 Å². The van der Waals surface area contributed by atoms with Gasteiger partial charge in [-0.2, -0.15) is 5.10 Å². The Bertz CT molecular complexity index is 787. The van der Waals surface area contributed by atoms with Crippen LogP contribution in [0.2, 0.25) is 0 Å². The van der Waals surface area contributed by atoms with Crippen LogP contribution in [0.3, 0.4) is 0 Å². The summed E-state index contributed by atoms with van der Waals surface area (Å²) in [6.07, 6.45) is 3.89. The lowest BCUT2D eigenvalue weighted by molar-refractivity contribution is -0.138. The lowest BCUT2D eigenvalue weighted by atomic mass is 9.94. The van der Waals surface area contributed by atoms with Crippen molar-refractivity contribution < 1.29 is 19.4 Å². The minimum absolute atomic E-state index is 0.0907. The fourth-order valence-corrected chi connectivity index (χ4v) is 3.34. The third-order valence-electron chi connectivity index (χ3n) is 4.64. The summed E-state index contributed by atoms with van der Waals surface area (Å²) in [4.78, 5) is 25.3. The molecule has 1 saturated heterocycles. The summed E-state index contributed by atoms with van der Waals surface area (Å²) in [7, 11) is 1.61. The Morgan fingerprint density at radius 3 is 2.96 bits per heavy atom. The third-order valence-corrected chi connectivity index (χ3v) is 4.64. The van der Waals surface area contributed by atoms with Crippen molar-refractivity contribution in [1.29, 1.82) is 0 Å². The molecule has 7 nitrogen and oxygen atoms in total. The van der Waals surface area contributed by atoms with Gasteiger partial charge >= 0.3 is 5.97 Å². The number of benzene rings is 1. The number of carbonyl (C=O) groups excluding carboxylic acids is 1. The molecule has 1 atom stereocenters. The van der Waals surface area contributed by atoms with Crippen molar-refractivity contribution in [2.45, 2.75) is 31.7 Å². The van der Waals surface area contributed by atoms with Crippen LogP contribution < -0.4 is 4.74 Å². The summed E-state index contributed by atoms with van der Waals surface area (Å²) >= 11 is 0. The number of hydrogen-bond acceptors (Lipinski definition) is 4. The van der Waals surface area contributed by atoms with Gasteiger partial charge in [-0.25, -0.2) is 0 Å². The molecule has 0 saturated carbocycles. The summed E-state index contributed by atoms with van der Waals surface area (Å²) in [5, 5.41) is 13.2.